The molecular formula is C14H17Cl2N4O3+. The molecule has 0 saturated carbocycles. The van der Waals surface area contributed by atoms with Crippen molar-refractivity contribution < 1.29 is 19.3 Å². The van der Waals surface area contributed by atoms with Gasteiger partial charge in [0.05, 0.1) is 22.8 Å². The van der Waals surface area contributed by atoms with Gasteiger partial charge in [0.1, 0.15) is 0 Å². The van der Waals surface area contributed by atoms with Crippen molar-refractivity contribution in [3.63, 3.8) is 0 Å². The van der Waals surface area contributed by atoms with Crippen LogP contribution in [0.15, 0.2) is 18.2 Å². The molecule has 4 amide bonds. The second kappa shape index (κ2) is 7.63. The van der Waals surface area contributed by atoms with Crippen LogP contribution in [-0.4, -0.2) is 56.0 Å². The highest BCUT2D eigenvalue weighted by molar-refractivity contribution is 6.39. The number of anilines is 1. The Hall–Kier alpha value is -1.83. The predicted molar refractivity (Wildman–Crippen MR) is 86.8 cm³/mol. The molecule has 1 unspecified atom stereocenters. The first-order valence-electron chi connectivity index (χ1n) is 7.02. The fraction of sp³-hybridized carbons (Fsp3) is 0.357. The number of urea groups is 1. The molecule has 1 aliphatic rings. The van der Waals surface area contributed by atoms with Crippen LogP contribution in [0.5, 0.6) is 0 Å². The minimum atomic E-state index is -0.393. The molecule has 124 valence electrons. The van der Waals surface area contributed by atoms with Gasteiger partial charge in [-0.3, -0.25) is 14.5 Å². The smallest absolute Gasteiger partial charge is 0.324 e. The van der Waals surface area contributed by atoms with E-state index in [1.165, 1.54) is 0 Å². The van der Waals surface area contributed by atoms with E-state index in [2.05, 4.69) is 10.6 Å². The average Bonchev–Trinajstić information content (AvgIpc) is 2.89. The second-order valence-electron chi connectivity index (χ2n) is 5.23. The Labute approximate surface area is 143 Å². The number of hydrogen-bond donors (Lipinski definition) is 3. The van der Waals surface area contributed by atoms with Crippen molar-refractivity contribution >= 4 is 46.7 Å². The maximum Gasteiger partial charge on any atom is 0.324 e. The number of likely N-dealkylation sites (N-methyl/N-ethyl adjacent to an activating group) is 1. The number of carbonyl (C=O) groups excluding carboxylic acids is 3. The van der Waals surface area contributed by atoms with E-state index in [1.54, 1.807) is 25.2 Å². The zero-order chi connectivity index (χ0) is 17.0. The molecule has 0 aliphatic carbocycles. The van der Waals surface area contributed by atoms with Crippen LogP contribution < -0.4 is 15.5 Å². The molecule has 1 fully saturated rings. The van der Waals surface area contributed by atoms with Gasteiger partial charge in [0, 0.05) is 13.1 Å². The number of hydrogen-bond acceptors (Lipinski definition) is 3. The van der Waals surface area contributed by atoms with E-state index in [4.69, 9.17) is 23.2 Å². The lowest BCUT2D eigenvalue weighted by molar-refractivity contribution is -0.862. The van der Waals surface area contributed by atoms with Crippen molar-refractivity contribution in [2.45, 2.75) is 0 Å². The van der Waals surface area contributed by atoms with Gasteiger partial charge < -0.3 is 15.5 Å². The molecule has 0 radical (unpaired) electrons. The Bertz CT molecular complexity index is 618. The maximum absolute atomic E-state index is 12.0. The maximum atomic E-state index is 12.0. The summed E-state index contributed by atoms with van der Waals surface area (Å²) in [5, 5.41) is 5.87. The first-order chi connectivity index (χ1) is 10.9. The average molecular weight is 360 g/mol. The largest absolute Gasteiger partial charge is 0.336 e. The molecule has 1 heterocycles. The van der Waals surface area contributed by atoms with Gasteiger partial charge in [-0.05, 0) is 12.1 Å². The van der Waals surface area contributed by atoms with Crippen molar-refractivity contribution in [1.29, 1.82) is 0 Å². The summed E-state index contributed by atoms with van der Waals surface area (Å²) < 4.78 is 0. The quantitative estimate of drug-likeness (QED) is 0.691. The molecule has 0 aromatic heterocycles. The predicted octanol–water partition coefficient (Wildman–Crippen LogP) is -0.00160. The monoisotopic (exact) mass is 359 g/mol. The first kappa shape index (κ1) is 17.5. The van der Waals surface area contributed by atoms with E-state index in [0.717, 1.165) is 4.90 Å². The summed E-state index contributed by atoms with van der Waals surface area (Å²) in [6.45, 7) is 0.890. The van der Waals surface area contributed by atoms with Crippen LogP contribution in [0.2, 0.25) is 10.0 Å². The lowest BCUT2D eigenvalue weighted by Crippen LogP contribution is -3.11. The van der Waals surface area contributed by atoms with Crippen molar-refractivity contribution in [3.05, 3.63) is 28.2 Å². The lowest BCUT2D eigenvalue weighted by Gasteiger charge is -2.17. The van der Waals surface area contributed by atoms with Crippen LogP contribution in [0.1, 0.15) is 0 Å². The lowest BCUT2D eigenvalue weighted by atomic mass is 10.3. The number of carbonyl (C=O) groups is 3. The molecular weight excluding hydrogens is 343 g/mol. The molecule has 9 heteroatoms. The number of imide groups is 1. The molecule has 3 N–H and O–H groups in total. The SMILES string of the molecule is C[NH+](CC(=O)Nc1c(Cl)cccc1Cl)CC(=O)N1CCNC1=O. The highest BCUT2D eigenvalue weighted by Gasteiger charge is 2.28. The zero-order valence-corrected chi connectivity index (χ0v) is 14.0. The van der Waals surface area contributed by atoms with Crippen LogP contribution in [0.3, 0.4) is 0 Å². The second-order valence-corrected chi connectivity index (χ2v) is 6.05. The van der Waals surface area contributed by atoms with Crippen LogP contribution in [0, 0.1) is 0 Å². The summed E-state index contributed by atoms with van der Waals surface area (Å²) in [4.78, 5) is 37.2. The summed E-state index contributed by atoms with van der Waals surface area (Å²) in [6.07, 6.45) is 0. The zero-order valence-electron chi connectivity index (χ0n) is 12.5. The topological polar surface area (TPSA) is 82.9 Å². The summed E-state index contributed by atoms with van der Waals surface area (Å²) in [5.41, 5.74) is 0.346. The molecule has 23 heavy (non-hydrogen) atoms. The normalized spacial score (nSPS) is 15.3. The van der Waals surface area contributed by atoms with Crippen molar-refractivity contribution in [1.82, 2.24) is 10.2 Å². The fourth-order valence-corrected chi connectivity index (χ4v) is 2.69. The fourth-order valence-electron chi connectivity index (χ4n) is 2.20. The third kappa shape index (κ3) is 4.57. The van der Waals surface area contributed by atoms with Gasteiger partial charge in [0.15, 0.2) is 13.1 Å². The molecule has 1 saturated heterocycles. The number of nitrogens with one attached hydrogen (secondary N) is 3. The molecule has 1 aliphatic heterocycles. The van der Waals surface area contributed by atoms with Crippen molar-refractivity contribution in [2.75, 3.05) is 38.5 Å². The van der Waals surface area contributed by atoms with E-state index in [9.17, 15) is 14.4 Å². The van der Waals surface area contributed by atoms with Crippen molar-refractivity contribution in [2.24, 2.45) is 0 Å². The van der Waals surface area contributed by atoms with Gasteiger partial charge in [-0.2, -0.15) is 0 Å². The van der Waals surface area contributed by atoms with Crippen molar-refractivity contribution in [3.8, 4) is 0 Å². The van der Waals surface area contributed by atoms with E-state index < -0.39 is 6.03 Å². The number of rotatable bonds is 5. The Morgan fingerprint density at radius 2 is 1.96 bits per heavy atom. The number of halogens is 2. The third-order valence-corrected chi connectivity index (χ3v) is 3.93. The van der Waals surface area contributed by atoms with E-state index >= 15 is 0 Å². The van der Waals surface area contributed by atoms with E-state index in [0.29, 0.717) is 33.7 Å². The molecule has 0 bridgehead atoms. The number of quaternary nitrogens is 1. The molecule has 1 aromatic carbocycles. The van der Waals surface area contributed by atoms with Crippen LogP contribution in [0.4, 0.5) is 10.5 Å². The molecule has 1 aromatic rings. The summed E-state index contributed by atoms with van der Waals surface area (Å²) in [5.74, 6) is -0.641. The van der Waals surface area contributed by atoms with Crippen LogP contribution >= 0.6 is 23.2 Å². The molecule has 7 nitrogen and oxygen atoms in total. The summed E-state index contributed by atoms with van der Waals surface area (Å²) >= 11 is 12.0. The minimum Gasteiger partial charge on any atom is -0.336 e. The van der Waals surface area contributed by atoms with Crippen LogP contribution in [0.25, 0.3) is 0 Å². The summed E-state index contributed by atoms with van der Waals surface area (Å²) in [6, 6.07) is 4.52. The number of amides is 4. The van der Waals surface area contributed by atoms with E-state index in [1.807, 2.05) is 0 Å². The van der Waals surface area contributed by atoms with Gasteiger partial charge in [0.2, 0.25) is 0 Å². The van der Waals surface area contributed by atoms with Gasteiger partial charge in [-0.1, -0.05) is 29.3 Å². The summed E-state index contributed by atoms with van der Waals surface area (Å²) in [7, 11) is 1.69. The number of nitrogens with zero attached hydrogens (tertiary/aromatic N) is 1. The molecule has 0 spiro atoms. The third-order valence-electron chi connectivity index (χ3n) is 3.30. The van der Waals surface area contributed by atoms with Gasteiger partial charge >= 0.3 is 6.03 Å². The number of para-hydroxylation sites is 1. The first-order valence-corrected chi connectivity index (χ1v) is 7.77. The standard InChI is InChI=1S/C14H16Cl2N4O3/c1-19(8-12(22)20-6-5-17-14(20)23)7-11(21)18-13-9(15)3-2-4-10(13)16/h2-4H,5-8H2,1H3,(H,17,23)(H,18,21)/p+1. The highest BCUT2D eigenvalue weighted by Crippen LogP contribution is 2.29. The highest BCUT2D eigenvalue weighted by atomic mass is 35.5. The Morgan fingerprint density at radius 3 is 2.52 bits per heavy atom. The van der Waals surface area contributed by atoms with E-state index in [-0.39, 0.29) is 24.9 Å². The minimum absolute atomic E-state index is 0.0388. The Balaban J connectivity index is 1.87. The van der Waals surface area contributed by atoms with Gasteiger partial charge in [-0.25, -0.2) is 4.79 Å². The van der Waals surface area contributed by atoms with Crippen LogP contribution in [-0.2, 0) is 9.59 Å². The Kier molecular flexibility index (Phi) is 5.81. The number of benzene rings is 1. The molecule has 1 atom stereocenters. The Morgan fingerprint density at radius 1 is 1.30 bits per heavy atom. The van der Waals surface area contributed by atoms with Gasteiger partial charge in [0.25, 0.3) is 11.8 Å². The van der Waals surface area contributed by atoms with Gasteiger partial charge in [-0.15, -0.1) is 0 Å². The molecule has 2 rings (SSSR count).